The van der Waals surface area contributed by atoms with E-state index >= 15 is 0 Å². The van der Waals surface area contributed by atoms with E-state index < -0.39 is 108 Å². The van der Waals surface area contributed by atoms with Gasteiger partial charge in [-0.05, 0) is 107 Å². The molecule has 0 saturated carbocycles. The highest BCUT2D eigenvalue weighted by Gasteiger charge is 2.47. The van der Waals surface area contributed by atoms with Gasteiger partial charge in [0.1, 0.15) is 30.4 Å². The number of benzene rings is 1. The number of nitrogens with zero attached hydrogens (tertiary/aromatic N) is 3. The lowest BCUT2D eigenvalue weighted by atomic mass is 9.88. The Labute approximate surface area is 544 Å². The third-order valence-electron chi connectivity index (χ3n) is 17.3. The molecule has 516 valence electrons. The second-order valence-corrected chi connectivity index (χ2v) is 25.4. The van der Waals surface area contributed by atoms with Crippen molar-refractivity contribution in [3.63, 3.8) is 0 Å². The Hall–Kier alpha value is -7.72. The Morgan fingerprint density at radius 1 is 0.935 bits per heavy atom. The number of rotatable bonds is 31. The molecule has 1 unspecified atom stereocenters. The van der Waals surface area contributed by atoms with Gasteiger partial charge in [0, 0.05) is 88.8 Å². The van der Waals surface area contributed by atoms with Crippen molar-refractivity contribution >= 4 is 65.4 Å². The van der Waals surface area contributed by atoms with Crippen LogP contribution in [-0.4, -0.2) is 201 Å². The summed E-state index contributed by atoms with van der Waals surface area (Å²) in [6.07, 6.45) is 7.59. The molecule has 2 fully saturated rings. The number of aliphatic hydroxyl groups excluding tert-OH is 2. The first-order valence-electron chi connectivity index (χ1n) is 32.1. The summed E-state index contributed by atoms with van der Waals surface area (Å²) in [5, 5.41) is 53.0. The number of aliphatic carboxylic acids is 1. The minimum atomic E-state index is -1.26. The number of urea groups is 1. The van der Waals surface area contributed by atoms with Crippen LogP contribution in [0.2, 0.25) is 0 Å². The molecule has 1 aromatic carbocycles. The lowest BCUT2D eigenvalue weighted by molar-refractivity contribution is -0.152. The van der Waals surface area contributed by atoms with Gasteiger partial charge in [0.15, 0.2) is 6.10 Å². The standard InChI is InChI=1S/C66H98N8O19/c1-10-49(76)43(6)59-50(91-59)37-65(7,88)30-14-16-41(4)58-42(5)19-25-51(66(8,89-9)31-29-47(75)36-56(82)93-58)92-63(86)72-34-35-73(46(38-72)24-28-55(80)81)64(87)90-39-44-20-22-45(23-21-44)69-60(83)48(17-15-32-68-62(67)85)70-61(84)57(40(2)3)71-52(77)18-12-11-13-33-74-53(78)26-27-54(74)79/h14,16,19-23,25-27,30,40,42-43,46-51,57-59,75-76,88H,10-13,15,17-18,24,28-29,31-39H2,1-9H3,(H,69,83)(H,70,84)(H,71,77)(H,80,81)(H3,67,68,85)/b25-19+,30-14+,41-16+/t42-,43+,46?,47+,48-,49-,50+,51-,57-,58+,59+,65-,66+/m0/s1. The van der Waals surface area contributed by atoms with Crippen molar-refractivity contribution in [2.75, 3.05) is 45.2 Å². The van der Waals surface area contributed by atoms with Gasteiger partial charge >= 0.3 is 30.2 Å². The van der Waals surface area contributed by atoms with E-state index in [9.17, 15) is 68.4 Å². The van der Waals surface area contributed by atoms with Gasteiger partial charge in [0.2, 0.25) is 17.7 Å². The molecule has 10 N–H and O–H groups in total. The number of carboxylic acid groups (broad SMARTS) is 1. The Morgan fingerprint density at radius 3 is 2.28 bits per heavy atom. The van der Waals surface area contributed by atoms with Crippen LogP contribution in [0.1, 0.15) is 144 Å². The van der Waals surface area contributed by atoms with E-state index in [1.54, 1.807) is 89.3 Å². The highest BCUT2D eigenvalue weighted by Crippen LogP contribution is 2.38. The number of anilines is 1. The minimum absolute atomic E-state index is 0.0243. The second kappa shape index (κ2) is 36.1. The van der Waals surface area contributed by atoms with E-state index in [4.69, 9.17) is 29.4 Å². The van der Waals surface area contributed by atoms with Crippen molar-refractivity contribution in [3.05, 3.63) is 77.9 Å². The number of unbranched alkanes of at least 4 members (excludes halogenated alkanes) is 2. The van der Waals surface area contributed by atoms with Crippen LogP contribution in [0, 0.1) is 17.8 Å². The number of nitrogens with one attached hydrogen (secondary N) is 4. The van der Waals surface area contributed by atoms with E-state index in [-0.39, 0.29) is 127 Å². The third-order valence-corrected chi connectivity index (χ3v) is 17.3. The Balaban J connectivity index is 1.20. The van der Waals surface area contributed by atoms with Gasteiger partial charge in [-0.1, -0.05) is 77.5 Å². The molecule has 0 aromatic heterocycles. The number of piperazine rings is 1. The largest absolute Gasteiger partial charge is 0.481 e. The molecule has 27 nitrogen and oxygen atoms in total. The van der Waals surface area contributed by atoms with Crippen molar-refractivity contribution < 1.29 is 92.1 Å². The van der Waals surface area contributed by atoms with E-state index in [0.29, 0.717) is 48.9 Å². The normalized spacial score (nSPS) is 25.1. The molecule has 2 saturated heterocycles. The molecular formula is C66H98N8O19. The van der Waals surface area contributed by atoms with Crippen molar-refractivity contribution in [1.29, 1.82) is 0 Å². The number of carbonyl (C=O) groups excluding carboxylic acids is 9. The van der Waals surface area contributed by atoms with Crippen LogP contribution in [0.4, 0.5) is 20.1 Å². The first-order chi connectivity index (χ1) is 43.9. The Bertz CT molecular complexity index is 2860. The number of cyclic esters (lactones) is 1. The highest BCUT2D eigenvalue weighted by molar-refractivity contribution is 6.12. The first-order valence-corrected chi connectivity index (χ1v) is 32.1. The average molecular weight is 1310 g/mol. The van der Waals surface area contributed by atoms with Gasteiger partial charge < -0.3 is 80.9 Å². The summed E-state index contributed by atoms with van der Waals surface area (Å²) in [5.41, 5.74) is 4.19. The molecule has 93 heavy (non-hydrogen) atoms. The number of amides is 9. The summed E-state index contributed by atoms with van der Waals surface area (Å²) in [4.78, 5) is 133. The van der Waals surface area contributed by atoms with Gasteiger partial charge in [-0.25, -0.2) is 14.4 Å². The van der Waals surface area contributed by atoms with Crippen LogP contribution in [-0.2, 0) is 63.9 Å². The molecule has 0 aliphatic carbocycles. The molecule has 1 aromatic rings. The van der Waals surface area contributed by atoms with E-state index in [1.807, 2.05) is 20.8 Å². The number of imide groups is 1. The van der Waals surface area contributed by atoms with Crippen LogP contribution in [0.25, 0.3) is 0 Å². The SMILES string of the molecule is CC[C@H](O)[C@@H](C)[C@H]1O[C@@H]1C[C@@](C)(O)/C=C/C=C(\C)[C@H]1OC(=O)C[C@H](O)CC[C@@](C)(OC)[C@@H](OC(=O)N2CCN(C(=O)OCc3ccc(NC(=O)[C@H](CCCNC(N)=O)NC(=O)[C@@H](NC(=O)CCCCCN4C(=O)C=CC4=O)C(C)C)cc3)C(CCC(=O)O)C2)/C=C/[C@@H]1C. The van der Waals surface area contributed by atoms with Gasteiger partial charge in [0.05, 0.1) is 42.5 Å². The number of ether oxygens (including phenoxy) is 5. The fraction of sp³-hybridized carbons (Fsp3) is 0.636. The number of allylic oxidation sites excluding steroid dienone is 2. The van der Waals surface area contributed by atoms with Crippen molar-refractivity contribution in [2.24, 2.45) is 23.5 Å². The second-order valence-electron chi connectivity index (χ2n) is 25.4. The highest BCUT2D eigenvalue weighted by atomic mass is 16.6. The van der Waals surface area contributed by atoms with E-state index in [1.165, 1.54) is 29.1 Å². The summed E-state index contributed by atoms with van der Waals surface area (Å²) in [5.74, 6) is -5.13. The Morgan fingerprint density at radius 2 is 1.63 bits per heavy atom. The number of carboxylic acids is 1. The lowest BCUT2D eigenvalue weighted by Gasteiger charge is -2.41. The molecule has 0 bridgehead atoms. The van der Waals surface area contributed by atoms with Crippen molar-refractivity contribution in [3.8, 4) is 0 Å². The quantitative estimate of drug-likeness (QED) is 0.00893. The number of hydrogen-bond acceptors (Lipinski definition) is 18. The summed E-state index contributed by atoms with van der Waals surface area (Å²) in [6, 6.07) is 2.58. The molecule has 27 heteroatoms. The molecule has 0 radical (unpaired) electrons. The Kier molecular flexibility index (Phi) is 29.5. The van der Waals surface area contributed by atoms with Gasteiger partial charge in [-0.2, -0.15) is 0 Å². The van der Waals surface area contributed by atoms with E-state index in [0.717, 1.165) is 4.90 Å². The summed E-state index contributed by atoms with van der Waals surface area (Å²) < 4.78 is 29.7. The molecule has 9 amide bonds. The maximum Gasteiger partial charge on any atom is 0.410 e. The minimum Gasteiger partial charge on any atom is -0.481 e. The number of nitrogens with two attached hydrogens (primary N) is 1. The van der Waals surface area contributed by atoms with Crippen molar-refractivity contribution in [2.45, 2.75) is 211 Å². The summed E-state index contributed by atoms with van der Waals surface area (Å²) in [6.45, 7) is 14.1. The third kappa shape index (κ3) is 24.3. The van der Waals surface area contributed by atoms with Gasteiger partial charge in [-0.3, -0.25) is 38.5 Å². The number of methoxy groups -OCH3 is 1. The molecule has 13 atom stereocenters. The van der Waals surface area contributed by atoms with Crippen LogP contribution in [0.5, 0.6) is 0 Å². The number of esters is 1. The fourth-order valence-electron chi connectivity index (χ4n) is 11.3. The van der Waals surface area contributed by atoms with Crippen LogP contribution < -0.4 is 27.0 Å². The topological polar surface area (TPSA) is 385 Å². The predicted octanol–water partition coefficient (Wildman–Crippen LogP) is 5.05. The molecular weight excluding hydrogens is 1210 g/mol. The number of carbonyl (C=O) groups is 10. The predicted molar refractivity (Wildman–Crippen MR) is 340 cm³/mol. The van der Waals surface area contributed by atoms with Crippen molar-refractivity contribution in [1.82, 2.24) is 30.7 Å². The summed E-state index contributed by atoms with van der Waals surface area (Å²) in [7, 11) is 1.44. The number of aliphatic hydroxyl groups is 3. The number of primary amides is 1. The fourth-order valence-corrected chi connectivity index (χ4v) is 11.3. The van der Waals surface area contributed by atoms with Gasteiger partial charge in [-0.15, -0.1) is 0 Å². The molecule has 4 aliphatic rings. The maximum atomic E-state index is 14.3. The maximum absolute atomic E-state index is 14.3. The molecule has 4 aliphatic heterocycles. The molecule has 5 rings (SSSR count). The van der Waals surface area contributed by atoms with Crippen LogP contribution >= 0.6 is 0 Å². The average Bonchev–Trinajstić information content (AvgIpc) is 1.74. The zero-order valence-electron chi connectivity index (χ0n) is 55.0. The molecule has 4 heterocycles. The molecule has 0 spiro atoms. The first kappa shape index (κ1) is 76.0. The zero-order valence-corrected chi connectivity index (χ0v) is 55.0. The van der Waals surface area contributed by atoms with Crippen LogP contribution in [0.3, 0.4) is 0 Å². The van der Waals surface area contributed by atoms with Gasteiger partial charge in [0.25, 0.3) is 11.8 Å². The smallest absolute Gasteiger partial charge is 0.410 e. The monoisotopic (exact) mass is 1310 g/mol. The van der Waals surface area contributed by atoms with E-state index in [2.05, 4.69) is 21.3 Å². The summed E-state index contributed by atoms with van der Waals surface area (Å²) >= 11 is 0. The zero-order chi connectivity index (χ0) is 68.7. The number of hydrogen-bond donors (Lipinski definition) is 9. The number of epoxide rings is 1. The lowest BCUT2D eigenvalue weighted by Crippen LogP contribution is -2.57. The van der Waals surface area contributed by atoms with Crippen LogP contribution in [0.15, 0.2) is 72.4 Å².